The molecule has 0 fully saturated rings. The molecule has 0 radical (unpaired) electrons. The number of aryl methyl sites for hydroxylation is 1. The molecule has 0 aliphatic rings. The first-order chi connectivity index (χ1) is 7.00. The SMILES string of the molecule is Cc1nc2c(=O)n(C)c(=O)[nH]c2[nH]c1=O. The molecule has 2 aromatic heterocycles. The van der Waals surface area contributed by atoms with Gasteiger partial charge in [0.1, 0.15) is 11.3 Å². The number of H-pyrrole nitrogens is 2. The zero-order valence-electron chi connectivity index (χ0n) is 8.12. The second kappa shape index (κ2) is 2.91. The van der Waals surface area contributed by atoms with Gasteiger partial charge in [0.2, 0.25) is 0 Å². The highest BCUT2D eigenvalue weighted by molar-refractivity contribution is 5.67. The summed E-state index contributed by atoms with van der Waals surface area (Å²) in [5.41, 5.74) is -1.26. The minimum atomic E-state index is -0.589. The van der Waals surface area contributed by atoms with E-state index in [-0.39, 0.29) is 16.9 Å². The molecule has 0 saturated carbocycles. The van der Waals surface area contributed by atoms with Gasteiger partial charge in [0.25, 0.3) is 11.1 Å². The molecular formula is C8H8N4O3. The summed E-state index contributed by atoms with van der Waals surface area (Å²) in [6.07, 6.45) is 0. The molecule has 0 bridgehead atoms. The van der Waals surface area contributed by atoms with Crippen LogP contribution < -0.4 is 16.8 Å². The zero-order valence-corrected chi connectivity index (χ0v) is 8.12. The topological polar surface area (TPSA) is 101 Å². The predicted octanol–water partition coefficient (Wildman–Crippen LogP) is -1.38. The zero-order chi connectivity index (χ0) is 11.2. The van der Waals surface area contributed by atoms with E-state index in [2.05, 4.69) is 15.0 Å². The van der Waals surface area contributed by atoms with E-state index in [9.17, 15) is 14.4 Å². The number of aromatic nitrogens is 4. The van der Waals surface area contributed by atoms with Gasteiger partial charge in [0, 0.05) is 7.05 Å². The Morgan fingerprint density at radius 2 is 1.87 bits per heavy atom. The molecular weight excluding hydrogens is 200 g/mol. The summed E-state index contributed by atoms with van der Waals surface area (Å²) >= 11 is 0. The molecule has 2 N–H and O–H groups in total. The summed E-state index contributed by atoms with van der Waals surface area (Å²) in [4.78, 5) is 42.5. The van der Waals surface area contributed by atoms with Crippen molar-refractivity contribution in [2.75, 3.05) is 0 Å². The van der Waals surface area contributed by atoms with Crippen molar-refractivity contribution >= 4 is 11.2 Å². The second-order valence-electron chi connectivity index (χ2n) is 3.17. The van der Waals surface area contributed by atoms with Crippen LogP contribution in [0.5, 0.6) is 0 Å². The molecule has 15 heavy (non-hydrogen) atoms. The molecule has 78 valence electrons. The summed E-state index contributed by atoms with van der Waals surface area (Å²) in [6.45, 7) is 1.49. The molecule has 0 aliphatic carbocycles. The van der Waals surface area contributed by atoms with Crippen molar-refractivity contribution in [2.45, 2.75) is 6.92 Å². The lowest BCUT2D eigenvalue weighted by Crippen LogP contribution is -2.34. The van der Waals surface area contributed by atoms with E-state index in [4.69, 9.17) is 0 Å². The van der Waals surface area contributed by atoms with Crippen LogP contribution >= 0.6 is 0 Å². The minimum absolute atomic E-state index is 0.0502. The lowest BCUT2D eigenvalue weighted by atomic mass is 10.4. The van der Waals surface area contributed by atoms with Crippen LogP contribution in [0.3, 0.4) is 0 Å². The molecule has 7 nitrogen and oxygen atoms in total. The molecule has 0 aromatic carbocycles. The van der Waals surface area contributed by atoms with E-state index in [1.54, 1.807) is 0 Å². The van der Waals surface area contributed by atoms with Gasteiger partial charge in [0.05, 0.1) is 0 Å². The number of rotatable bonds is 0. The standard InChI is InChI=1S/C8H8N4O3/c1-3-6(13)10-5-4(9-3)7(14)12(2)8(15)11-5/h1-2H3,(H2,10,11,13,15). The Labute approximate surface area is 82.4 Å². The molecule has 0 saturated heterocycles. The maximum absolute atomic E-state index is 11.6. The van der Waals surface area contributed by atoms with Gasteiger partial charge in [0.15, 0.2) is 5.52 Å². The Hall–Kier alpha value is -2.18. The Morgan fingerprint density at radius 3 is 2.53 bits per heavy atom. The molecule has 0 amide bonds. The maximum Gasteiger partial charge on any atom is 0.329 e. The lowest BCUT2D eigenvalue weighted by Gasteiger charge is -2.00. The van der Waals surface area contributed by atoms with E-state index in [1.807, 2.05) is 0 Å². The Balaban J connectivity index is 3.14. The average Bonchev–Trinajstić information content (AvgIpc) is 2.19. The molecule has 0 atom stereocenters. The third-order valence-electron chi connectivity index (χ3n) is 2.13. The van der Waals surface area contributed by atoms with Crippen molar-refractivity contribution < 1.29 is 0 Å². The van der Waals surface area contributed by atoms with Gasteiger partial charge in [-0.1, -0.05) is 0 Å². The molecule has 0 unspecified atom stereocenters. The Morgan fingerprint density at radius 1 is 1.20 bits per heavy atom. The lowest BCUT2D eigenvalue weighted by molar-refractivity contribution is 0.784. The quantitative estimate of drug-likeness (QED) is 0.557. The van der Waals surface area contributed by atoms with Crippen LogP contribution in [0.2, 0.25) is 0 Å². The van der Waals surface area contributed by atoms with Crippen LogP contribution in [0.25, 0.3) is 11.2 Å². The number of fused-ring (bicyclic) bond motifs is 1. The molecule has 2 heterocycles. The van der Waals surface area contributed by atoms with Gasteiger partial charge < -0.3 is 4.98 Å². The van der Waals surface area contributed by atoms with E-state index in [0.717, 1.165) is 4.57 Å². The third-order valence-corrected chi connectivity index (χ3v) is 2.13. The predicted molar refractivity (Wildman–Crippen MR) is 53.0 cm³/mol. The van der Waals surface area contributed by atoms with Crippen LogP contribution in [0.1, 0.15) is 5.69 Å². The van der Waals surface area contributed by atoms with E-state index in [0.29, 0.717) is 0 Å². The second-order valence-corrected chi connectivity index (χ2v) is 3.17. The molecule has 2 aromatic rings. The van der Waals surface area contributed by atoms with Crippen molar-refractivity contribution in [1.29, 1.82) is 0 Å². The molecule has 0 spiro atoms. The fourth-order valence-corrected chi connectivity index (χ4v) is 1.22. The van der Waals surface area contributed by atoms with E-state index in [1.165, 1.54) is 14.0 Å². The first-order valence-electron chi connectivity index (χ1n) is 4.20. The van der Waals surface area contributed by atoms with E-state index < -0.39 is 16.8 Å². The van der Waals surface area contributed by atoms with Gasteiger partial charge in [-0.25, -0.2) is 9.78 Å². The fraction of sp³-hybridized carbons (Fsp3) is 0.250. The Bertz CT molecular complexity index is 701. The van der Waals surface area contributed by atoms with Crippen LogP contribution in [0.4, 0.5) is 0 Å². The monoisotopic (exact) mass is 208 g/mol. The van der Waals surface area contributed by atoms with Gasteiger partial charge in [-0.2, -0.15) is 0 Å². The highest BCUT2D eigenvalue weighted by atomic mass is 16.2. The van der Waals surface area contributed by atoms with Gasteiger partial charge >= 0.3 is 5.69 Å². The highest BCUT2D eigenvalue weighted by Crippen LogP contribution is 1.93. The van der Waals surface area contributed by atoms with Crippen LogP contribution in [0.15, 0.2) is 14.4 Å². The number of nitrogens with zero attached hydrogens (tertiary/aromatic N) is 2. The molecule has 7 heteroatoms. The summed E-state index contributed by atoms with van der Waals surface area (Å²) in [5.74, 6) is 0. The van der Waals surface area contributed by atoms with Gasteiger partial charge in [-0.15, -0.1) is 0 Å². The van der Waals surface area contributed by atoms with Crippen LogP contribution in [-0.4, -0.2) is 19.5 Å². The summed E-state index contributed by atoms with van der Waals surface area (Å²) in [5, 5.41) is 0. The highest BCUT2D eigenvalue weighted by Gasteiger charge is 2.07. The number of hydrogen-bond acceptors (Lipinski definition) is 4. The first kappa shape index (κ1) is 9.38. The largest absolute Gasteiger partial charge is 0.329 e. The van der Waals surface area contributed by atoms with E-state index >= 15 is 0 Å². The van der Waals surface area contributed by atoms with Crippen molar-refractivity contribution in [2.24, 2.45) is 7.05 Å². The number of aromatic amines is 2. The number of nitrogens with one attached hydrogen (secondary N) is 2. The molecule has 2 rings (SSSR count). The summed E-state index contributed by atoms with van der Waals surface area (Å²) in [6, 6.07) is 0. The first-order valence-corrected chi connectivity index (χ1v) is 4.20. The summed E-state index contributed by atoms with van der Waals surface area (Å²) < 4.78 is 0.896. The Kier molecular flexibility index (Phi) is 1.82. The van der Waals surface area contributed by atoms with Crippen LogP contribution in [-0.2, 0) is 7.05 Å². The maximum atomic E-state index is 11.6. The number of hydrogen-bond donors (Lipinski definition) is 2. The average molecular weight is 208 g/mol. The third kappa shape index (κ3) is 1.28. The van der Waals surface area contributed by atoms with Crippen molar-refractivity contribution in [3.05, 3.63) is 36.9 Å². The molecule has 0 aliphatic heterocycles. The van der Waals surface area contributed by atoms with Crippen LogP contribution in [0, 0.1) is 6.92 Å². The fourth-order valence-electron chi connectivity index (χ4n) is 1.22. The van der Waals surface area contributed by atoms with Crippen molar-refractivity contribution in [3.8, 4) is 0 Å². The summed E-state index contributed by atoms with van der Waals surface area (Å²) in [7, 11) is 1.34. The minimum Gasteiger partial charge on any atom is -0.305 e. The van der Waals surface area contributed by atoms with Gasteiger partial charge in [-0.3, -0.25) is 19.1 Å². The van der Waals surface area contributed by atoms with Gasteiger partial charge in [-0.05, 0) is 6.92 Å². The normalized spacial score (nSPS) is 10.8. The van der Waals surface area contributed by atoms with Crippen molar-refractivity contribution in [3.63, 3.8) is 0 Å². The smallest absolute Gasteiger partial charge is 0.305 e. The van der Waals surface area contributed by atoms with Crippen molar-refractivity contribution in [1.82, 2.24) is 19.5 Å².